The number of rotatable bonds is 2. The van der Waals surface area contributed by atoms with E-state index in [0.29, 0.717) is 5.69 Å². The molecule has 2 heterocycles. The van der Waals surface area contributed by atoms with Crippen molar-refractivity contribution in [1.82, 2.24) is 9.78 Å². The molecule has 0 saturated heterocycles. The summed E-state index contributed by atoms with van der Waals surface area (Å²) in [5.41, 5.74) is 11.4. The molecule has 0 unspecified atom stereocenters. The normalized spacial score (nSPS) is 10.4. The zero-order valence-corrected chi connectivity index (χ0v) is 7.54. The van der Waals surface area contributed by atoms with Gasteiger partial charge in [-0.3, -0.25) is 0 Å². The number of carboxylic acid groups (broad SMARTS) is 1. The molecule has 7 nitrogen and oxygen atoms in total. The number of nitrogens with zero attached hydrogens (tertiary/aromatic N) is 2. The molecule has 0 aliphatic heterocycles. The van der Waals surface area contributed by atoms with Crippen LogP contribution in [-0.2, 0) is 0 Å². The highest BCUT2D eigenvalue weighted by molar-refractivity contribution is 5.87. The first-order valence-electron chi connectivity index (χ1n) is 4.01. The summed E-state index contributed by atoms with van der Waals surface area (Å²) in [4.78, 5) is 10.6. The molecule has 0 aliphatic carbocycles. The summed E-state index contributed by atoms with van der Waals surface area (Å²) in [6.07, 6.45) is 2.47. The smallest absolute Gasteiger partial charge is 0.339 e. The molecule has 0 radical (unpaired) electrons. The topological polar surface area (TPSA) is 120 Å². The number of carbonyl (C=O) groups is 1. The van der Waals surface area contributed by atoms with Crippen LogP contribution < -0.4 is 11.5 Å². The van der Waals surface area contributed by atoms with Crippen molar-refractivity contribution >= 4 is 17.5 Å². The Hall–Kier alpha value is -2.44. The van der Waals surface area contributed by atoms with E-state index in [4.69, 9.17) is 21.0 Å². The van der Waals surface area contributed by atoms with E-state index in [1.165, 1.54) is 16.9 Å². The number of carboxylic acids is 1. The maximum absolute atomic E-state index is 10.6. The van der Waals surface area contributed by atoms with Crippen LogP contribution in [0.5, 0.6) is 0 Å². The van der Waals surface area contributed by atoms with Gasteiger partial charge in [0.2, 0.25) is 5.88 Å². The monoisotopic (exact) mass is 208 g/mol. The minimum absolute atomic E-state index is 0.0264. The van der Waals surface area contributed by atoms with E-state index < -0.39 is 5.97 Å². The van der Waals surface area contributed by atoms with E-state index in [0.717, 1.165) is 6.26 Å². The van der Waals surface area contributed by atoms with E-state index in [9.17, 15) is 4.79 Å². The molecule has 7 heteroatoms. The number of nitrogens with two attached hydrogens (primary N) is 2. The van der Waals surface area contributed by atoms with Crippen molar-refractivity contribution in [2.24, 2.45) is 0 Å². The second-order valence-electron chi connectivity index (χ2n) is 2.88. The average molecular weight is 208 g/mol. The van der Waals surface area contributed by atoms with Crippen LogP contribution in [0.1, 0.15) is 10.4 Å². The van der Waals surface area contributed by atoms with Gasteiger partial charge in [0.25, 0.3) is 0 Å². The molecular formula is C8H8N4O3. The highest BCUT2D eigenvalue weighted by Crippen LogP contribution is 2.20. The second-order valence-corrected chi connectivity index (χ2v) is 2.88. The van der Waals surface area contributed by atoms with E-state index in [1.54, 1.807) is 0 Å². The first-order valence-corrected chi connectivity index (χ1v) is 4.01. The van der Waals surface area contributed by atoms with Crippen molar-refractivity contribution in [2.75, 3.05) is 11.5 Å². The Kier molecular flexibility index (Phi) is 1.86. The van der Waals surface area contributed by atoms with Gasteiger partial charge < -0.3 is 21.0 Å². The molecule has 0 bridgehead atoms. The fourth-order valence-electron chi connectivity index (χ4n) is 1.09. The number of hydrogen-bond donors (Lipinski definition) is 3. The first-order chi connectivity index (χ1) is 7.09. The van der Waals surface area contributed by atoms with Crippen LogP contribution in [0.4, 0.5) is 11.5 Å². The van der Waals surface area contributed by atoms with Gasteiger partial charge >= 0.3 is 5.97 Å². The van der Waals surface area contributed by atoms with Crippen LogP contribution in [0.2, 0.25) is 0 Å². The molecule has 5 N–H and O–H groups in total. The Morgan fingerprint density at radius 2 is 2.27 bits per heavy atom. The number of hydrogen-bond acceptors (Lipinski definition) is 5. The zero-order valence-electron chi connectivity index (χ0n) is 7.54. The predicted octanol–water partition coefficient (Wildman–Crippen LogP) is 0.328. The third kappa shape index (κ3) is 1.39. The lowest BCUT2D eigenvalue weighted by Crippen LogP contribution is -2.02. The Morgan fingerprint density at radius 1 is 1.53 bits per heavy atom. The molecule has 2 aromatic heterocycles. The first kappa shape index (κ1) is 9.13. The summed E-state index contributed by atoms with van der Waals surface area (Å²) >= 11 is 0. The van der Waals surface area contributed by atoms with Gasteiger partial charge in [-0.2, -0.15) is 9.78 Å². The van der Waals surface area contributed by atoms with Crippen LogP contribution >= 0.6 is 0 Å². The minimum Gasteiger partial charge on any atom is -0.478 e. The minimum atomic E-state index is -1.08. The lowest BCUT2D eigenvalue weighted by molar-refractivity contribution is 0.0696. The Bertz CT molecular complexity index is 514. The summed E-state index contributed by atoms with van der Waals surface area (Å²) in [6.45, 7) is 0. The van der Waals surface area contributed by atoms with Gasteiger partial charge in [-0.25, -0.2) is 4.79 Å². The van der Waals surface area contributed by atoms with Gasteiger partial charge in [-0.15, -0.1) is 0 Å². The van der Waals surface area contributed by atoms with Crippen LogP contribution in [0.25, 0.3) is 5.88 Å². The van der Waals surface area contributed by atoms with Crippen LogP contribution in [-0.4, -0.2) is 20.9 Å². The van der Waals surface area contributed by atoms with Crippen molar-refractivity contribution in [3.63, 3.8) is 0 Å². The number of anilines is 2. The van der Waals surface area contributed by atoms with E-state index in [-0.39, 0.29) is 17.3 Å². The molecule has 0 atom stereocenters. The molecule has 0 aliphatic rings. The fourth-order valence-corrected chi connectivity index (χ4v) is 1.09. The summed E-state index contributed by atoms with van der Waals surface area (Å²) < 4.78 is 6.21. The van der Waals surface area contributed by atoms with Gasteiger partial charge in [-0.05, 0) is 0 Å². The summed E-state index contributed by atoms with van der Waals surface area (Å²) in [7, 11) is 0. The van der Waals surface area contributed by atoms with E-state index >= 15 is 0 Å². The second kappa shape index (κ2) is 3.05. The van der Waals surface area contributed by atoms with Gasteiger partial charge in [0, 0.05) is 6.07 Å². The van der Waals surface area contributed by atoms with Gasteiger partial charge in [0.15, 0.2) is 5.82 Å². The molecule has 0 saturated carbocycles. The molecular weight excluding hydrogens is 200 g/mol. The Balaban J connectivity index is 2.46. The Morgan fingerprint density at radius 3 is 2.73 bits per heavy atom. The molecule has 78 valence electrons. The largest absolute Gasteiger partial charge is 0.478 e. The quantitative estimate of drug-likeness (QED) is 0.653. The maximum atomic E-state index is 10.6. The van der Waals surface area contributed by atoms with Crippen LogP contribution in [0, 0.1) is 0 Å². The highest BCUT2D eigenvalue weighted by Gasteiger charge is 2.13. The lowest BCUT2D eigenvalue weighted by Gasteiger charge is -1.97. The van der Waals surface area contributed by atoms with Crippen molar-refractivity contribution in [3.05, 3.63) is 24.1 Å². The number of nitrogen functional groups attached to an aromatic ring is 2. The average Bonchev–Trinajstić information content (AvgIpc) is 2.76. The van der Waals surface area contributed by atoms with Crippen molar-refractivity contribution in [2.45, 2.75) is 0 Å². The number of aromatic nitrogens is 2. The molecule has 2 rings (SSSR count). The van der Waals surface area contributed by atoms with Crippen molar-refractivity contribution in [3.8, 4) is 5.88 Å². The van der Waals surface area contributed by atoms with E-state index in [2.05, 4.69) is 5.10 Å². The summed E-state index contributed by atoms with van der Waals surface area (Å²) in [5, 5.41) is 12.5. The van der Waals surface area contributed by atoms with Crippen LogP contribution in [0.15, 0.2) is 22.9 Å². The summed E-state index contributed by atoms with van der Waals surface area (Å²) in [5.74, 6) is -0.661. The van der Waals surface area contributed by atoms with Crippen molar-refractivity contribution in [1.29, 1.82) is 0 Å². The van der Waals surface area contributed by atoms with Gasteiger partial charge in [-0.1, -0.05) is 0 Å². The van der Waals surface area contributed by atoms with Crippen molar-refractivity contribution < 1.29 is 14.3 Å². The zero-order chi connectivity index (χ0) is 11.0. The third-order valence-electron chi connectivity index (χ3n) is 1.88. The van der Waals surface area contributed by atoms with E-state index in [1.807, 2.05) is 0 Å². The standard InChI is InChI=1S/C8H8N4O3/c9-5-2-11-12(7(5)10)6-1-4(3-15-6)8(13)14/h1-3H,9-10H2,(H,13,14). The van der Waals surface area contributed by atoms with Gasteiger partial charge in [0.1, 0.15) is 6.26 Å². The lowest BCUT2D eigenvalue weighted by atomic mass is 10.3. The SMILES string of the molecule is Nc1cnn(-c2cc(C(=O)O)co2)c1N. The van der Waals surface area contributed by atoms with Gasteiger partial charge in [0.05, 0.1) is 17.4 Å². The highest BCUT2D eigenvalue weighted by atomic mass is 16.4. The number of aromatic carboxylic acids is 1. The number of furan rings is 1. The molecule has 0 spiro atoms. The maximum Gasteiger partial charge on any atom is 0.339 e. The fraction of sp³-hybridized carbons (Fsp3) is 0. The molecule has 0 fully saturated rings. The molecule has 0 aromatic carbocycles. The third-order valence-corrected chi connectivity index (χ3v) is 1.88. The Labute approximate surface area is 83.9 Å². The molecule has 2 aromatic rings. The summed E-state index contributed by atoms with van der Waals surface area (Å²) in [6, 6.07) is 1.31. The molecule has 0 amide bonds. The molecule has 15 heavy (non-hydrogen) atoms. The predicted molar refractivity (Wildman–Crippen MR) is 51.6 cm³/mol. The van der Waals surface area contributed by atoms with Crippen LogP contribution in [0.3, 0.4) is 0 Å².